The van der Waals surface area contributed by atoms with Gasteiger partial charge in [0.05, 0.1) is 0 Å². The van der Waals surface area contributed by atoms with Crippen molar-refractivity contribution in [1.82, 2.24) is 5.32 Å². The average molecular weight is 321 g/mol. The molecule has 0 aromatic rings. The number of aliphatic hydroxyl groups excluding tert-OH is 1. The number of hydrogen-bond acceptors (Lipinski definition) is 6. The minimum atomic E-state index is -2.65. The Morgan fingerprint density at radius 1 is 1.14 bits per heavy atom. The largest absolute Gasteiger partial charge is 0.500 e. The second-order valence-corrected chi connectivity index (χ2v) is 6.88. The Labute approximate surface area is 127 Å². The number of rotatable bonds is 12. The Morgan fingerprint density at radius 2 is 1.67 bits per heavy atom. The number of aliphatic hydroxyl groups is 2. The SMILES string of the molecule is CCO[Si](CCCNC(=O)/C=C\C(O)O)(OCC)OCC. The minimum absolute atomic E-state index is 0.375. The Kier molecular flexibility index (Phi) is 11.4. The van der Waals surface area contributed by atoms with Gasteiger partial charge in [-0.3, -0.25) is 4.79 Å². The molecule has 0 aromatic heterocycles. The van der Waals surface area contributed by atoms with Crippen LogP contribution in [0.25, 0.3) is 0 Å². The third-order valence-electron chi connectivity index (χ3n) is 2.47. The molecule has 0 saturated heterocycles. The van der Waals surface area contributed by atoms with Gasteiger partial charge in [-0.1, -0.05) is 0 Å². The quantitative estimate of drug-likeness (QED) is 0.208. The first-order valence-electron chi connectivity index (χ1n) is 7.23. The van der Waals surface area contributed by atoms with Gasteiger partial charge in [0.15, 0.2) is 6.29 Å². The number of amides is 1. The van der Waals surface area contributed by atoms with E-state index in [0.29, 0.717) is 38.8 Å². The van der Waals surface area contributed by atoms with E-state index in [4.69, 9.17) is 23.5 Å². The van der Waals surface area contributed by atoms with Crippen LogP contribution in [0.1, 0.15) is 27.2 Å². The summed E-state index contributed by atoms with van der Waals surface area (Å²) in [4.78, 5) is 11.3. The van der Waals surface area contributed by atoms with Crippen molar-refractivity contribution in [3.8, 4) is 0 Å². The van der Waals surface area contributed by atoms with Gasteiger partial charge >= 0.3 is 8.80 Å². The predicted molar refractivity (Wildman–Crippen MR) is 80.4 cm³/mol. The molecular weight excluding hydrogens is 294 g/mol. The predicted octanol–water partition coefficient (Wildman–Crippen LogP) is 0.408. The van der Waals surface area contributed by atoms with E-state index < -0.39 is 15.1 Å². The highest BCUT2D eigenvalue weighted by Gasteiger charge is 2.39. The molecule has 3 N–H and O–H groups in total. The minimum Gasteiger partial charge on any atom is -0.374 e. The van der Waals surface area contributed by atoms with Crippen molar-refractivity contribution in [3.05, 3.63) is 12.2 Å². The summed E-state index contributed by atoms with van der Waals surface area (Å²) in [6, 6.07) is 0.620. The van der Waals surface area contributed by atoms with Gasteiger partial charge in [0.25, 0.3) is 0 Å². The molecule has 0 saturated carbocycles. The van der Waals surface area contributed by atoms with E-state index >= 15 is 0 Å². The zero-order chi connectivity index (χ0) is 16.1. The van der Waals surface area contributed by atoms with Crippen molar-refractivity contribution in [2.45, 2.75) is 39.5 Å². The lowest BCUT2D eigenvalue weighted by Crippen LogP contribution is -2.46. The summed E-state index contributed by atoms with van der Waals surface area (Å²) >= 11 is 0. The van der Waals surface area contributed by atoms with Crippen LogP contribution in [0.5, 0.6) is 0 Å². The summed E-state index contributed by atoms with van der Waals surface area (Å²) in [6.07, 6.45) is 1.12. The first-order chi connectivity index (χ1) is 9.99. The molecule has 8 heteroatoms. The van der Waals surface area contributed by atoms with Crippen molar-refractivity contribution in [1.29, 1.82) is 0 Å². The maximum absolute atomic E-state index is 11.3. The Morgan fingerprint density at radius 3 is 2.10 bits per heavy atom. The molecule has 0 spiro atoms. The fraction of sp³-hybridized carbons (Fsp3) is 0.769. The van der Waals surface area contributed by atoms with Crippen LogP contribution >= 0.6 is 0 Å². The number of hydrogen-bond donors (Lipinski definition) is 3. The summed E-state index contributed by atoms with van der Waals surface area (Å²) in [5.74, 6) is -0.375. The van der Waals surface area contributed by atoms with E-state index in [-0.39, 0.29) is 5.91 Å². The first-order valence-corrected chi connectivity index (χ1v) is 9.16. The van der Waals surface area contributed by atoms with E-state index in [2.05, 4.69) is 5.32 Å². The zero-order valence-corrected chi connectivity index (χ0v) is 14.0. The summed E-state index contributed by atoms with van der Waals surface area (Å²) in [7, 11) is -2.65. The molecule has 0 unspecified atom stereocenters. The highest BCUT2D eigenvalue weighted by Crippen LogP contribution is 2.17. The van der Waals surface area contributed by atoms with Crippen molar-refractivity contribution in [2.24, 2.45) is 0 Å². The van der Waals surface area contributed by atoms with Gasteiger partial charge in [0, 0.05) is 38.5 Å². The lowest BCUT2D eigenvalue weighted by atomic mass is 10.4. The van der Waals surface area contributed by atoms with Crippen LogP contribution in [-0.2, 0) is 18.1 Å². The molecule has 124 valence electrons. The molecule has 0 bridgehead atoms. The van der Waals surface area contributed by atoms with Crippen molar-refractivity contribution >= 4 is 14.7 Å². The van der Waals surface area contributed by atoms with Gasteiger partial charge in [0.1, 0.15) is 0 Å². The van der Waals surface area contributed by atoms with Crippen molar-refractivity contribution < 1.29 is 28.3 Å². The van der Waals surface area contributed by atoms with Gasteiger partial charge in [-0.05, 0) is 33.3 Å². The molecular formula is C13H27NO6Si. The number of carbonyl (C=O) groups excluding carboxylic acids is 1. The lowest BCUT2D eigenvalue weighted by molar-refractivity contribution is -0.116. The van der Waals surface area contributed by atoms with Crippen molar-refractivity contribution in [2.75, 3.05) is 26.4 Å². The Bertz CT molecular complexity index is 294. The second-order valence-electron chi connectivity index (χ2n) is 4.15. The molecule has 21 heavy (non-hydrogen) atoms. The van der Waals surface area contributed by atoms with Crippen LogP contribution < -0.4 is 5.32 Å². The molecule has 7 nitrogen and oxygen atoms in total. The maximum atomic E-state index is 11.3. The highest BCUT2D eigenvalue weighted by atomic mass is 28.4. The molecule has 0 aliphatic carbocycles. The fourth-order valence-electron chi connectivity index (χ4n) is 1.75. The summed E-state index contributed by atoms with van der Waals surface area (Å²) in [5, 5.41) is 19.8. The topological polar surface area (TPSA) is 97.3 Å². The van der Waals surface area contributed by atoms with Gasteiger partial charge in [-0.15, -0.1) is 0 Å². The number of nitrogens with one attached hydrogen (secondary N) is 1. The molecule has 0 aliphatic rings. The summed E-state index contributed by atoms with van der Waals surface area (Å²) in [6.45, 7) is 7.69. The molecule has 0 radical (unpaired) electrons. The van der Waals surface area contributed by atoms with E-state index in [1.54, 1.807) is 0 Å². The average Bonchev–Trinajstić information content (AvgIpc) is 2.42. The van der Waals surface area contributed by atoms with Crippen LogP contribution in [0.4, 0.5) is 0 Å². The molecule has 1 amide bonds. The van der Waals surface area contributed by atoms with Crippen LogP contribution in [0.2, 0.25) is 6.04 Å². The molecule has 0 rings (SSSR count). The Balaban J connectivity index is 4.21. The standard InChI is InChI=1S/C13H27NO6Si/c1-4-18-21(19-5-2,20-6-3)11-7-10-14-12(15)8-9-13(16)17/h8-9,13,16-17H,4-7,10-11H2,1-3H3,(H,14,15)/b9-8-. The summed E-state index contributed by atoms with van der Waals surface area (Å²) < 4.78 is 17.1. The fourth-order valence-corrected chi connectivity index (χ4v) is 4.36. The maximum Gasteiger partial charge on any atom is 0.500 e. The molecule has 0 heterocycles. The lowest BCUT2D eigenvalue weighted by Gasteiger charge is -2.28. The van der Waals surface area contributed by atoms with E-state index in [1.165, 1.54) is 0 Å². The molecule has 0 atom stereocenters. The number of carbonyl (C=O) groups is 1. The van der Waals surface area contributed by atoms with Gasteiger partial charge in [-0.25, -0.2) is 0 Å². The molecule has 0 aromatic carbocycles. The van der Waals surface area contributed by atoms with Gasteiger partial charge < -0.3 is 28.8 Å². The van der Waals surface area contributed by atoms with Crippen molar-refractivity contribution in [3.63, 3.8) is 0 Å². The van der Waals surface area contributed by atoms with Crippen LogP contribution in [0, 0.1) is 0 Å². The van der Waals surface area contributed by atoms with Crippen LogP contribution in [-0.4, -0.2) is 57.6 Å². The van der Waals surface area contributed by atoms with Crippen LogP contribution in [0.3, 0.4) is 0 Å². The third kappa shape index (κ3) is 9.72. The van der Waals surface area contributed by atoms with E-state index in [1.807, 2.05) is 20.8 Å². The zero-order valence-electron chi connectivity index (χ0n) is 13.0. The van der Waals surface area contributed by atoms with Gasteiger partial charge in [0.2, 0.25) is 5.91 Å². The monoisotopic (exact) mass is 321 g/mol. The summed E-state index contributed by atoms with van der Waals surface area (Å²) in [5.41, 5.74) is 0. The van der Waals surface area contributed by atoms with Crippen LogP contribution in [0.15, 0.2) is 12.2 Å². The van der Waals surface area contributed by atoms with E-state index in [9.17, 15) is 4.79 Å². The van der Waals surface area contributed by atoms with Gasteiger partial charge in [-0.2, -0.15) is 0 Å². The smallest absolute Gasteiger partial charge is 0.374 e. The van der Waals surface area contributed by atoms with E-state index in [0.717, 1.165) is 12.2 Å². The first kappa shape index (κ1) is 20.2. The third-order valence-corrected chi connectivity index (χ3v) is 5.62. The molecule has 0 aliphatic heterocycles. The second kappa shape index (κ2) is 11.8. The Hall–Kier alpha value is -0.773. The normalized spacial score (nSPS) is 12.3. The molecule has 0 fully saturated rings. The highest BCUT2D eigenvalue weighted by molar-refractivity contribution is 6.60.